The van der Waals surface area contributed by atoms with E-state index in [1.54, 1.807) is 77.4 Å². The van der Waals surface area contributed by atoms with Crippen molar-refractivity contribution < 1.29 is 14.4 Å². The van der Waals surface area contributed by atoms with Crippen molar-refractivity contribution in [2.24, 2.45) is 0 Å². The summed E-state index contributed by atoms with van der Waals surface area (Å²) >= 11 is 7.46. The topological polar surface area (TPSA) is 104 Å². The Morgan fingerprint density at radius 1 is 1.08 bits per heavy atom. The lowest BCUT2D eigenvalue weighted by atomic mass is 10.0. The largest absolute Gasteiger partial charge is 0.323 e. The molecule has 1 aliphatic rings. The highest BCUT2D eigenvalue weighted by atomic mass is 35.5. The number of amides is 3. The molecule has 180 valence electrons. The Hall–Kier alpha value is -4.08. The molecule has 0 bridgehead atoms. The van der Waals surface area contributed by atoms with Gasteiger partial charge in [0.1, 0.15) is 6.04 Å². The second kappa shape index (κ2) is 10.3. The number of nitrogens with zero attached hydrogens (tertiary/aromatic N) is 3. The predicted molar refractivity (Wildman–Crippen MR) is 138 cm³/mol. The van der Waals surface area contributed by atoms with Crippen LogP contribution in [-0.4, -0.2) is 38.6 Å². The van der Waals surface area contributed by atoms with Gasteiger partial charge in [0.15, 0.2) is 5.13 Å². The molecule has 0 fully saturated rings. The van der Waals surface area contributed by atoms with E-state index in [0.29, 0.717) is 33.4 Å². The number of hydrogen-bond acceptors (Lipinski definition) is 6. The zero-order chi connectivity index (χ0) is 25.1. The molecule has 1 atom stereocenters. The third kappa shape index (κ3) is 5.12. The lowest BCUT2D eigenvalue weighted by molar-refractivity contribution is -0.120. The van der Waals surface area contributed by atoms with Crippen LogP contribution in [0.15, 0.2) is 78.6 Å². The summed E-state index contributed by atoms with van der Waals surface area (Å²) in [4.78, 5) is 49.2. The smallest absolute Gasteiger partial charge is 0.257 e. The highest BCUT2D eigenvalue weighted by Gasteiger charge is 2.35. The molecular weight excluding hydrogens is 498 g/mol. The van der Waals surface area contributed by atoms with Crippen LogP contribution in [0.5, 0.6) is 0 Å². The van der Waals surface area contributed by atoms with Gasteiger partial charge in [0.05, 0.1) is 11.3 Å². The summed E-state index contributed by atoms with van der Waals surface area (Å²) in [6.07, 6.45) is 5.25. The molecule has 2 N–H and O–H groups in total. The van der Waals surface area contributed by atoms with Crippen LogP contribution in [0.1, 0.15) is 31.8 Å². The molecule has 0 saturated carbocycles. The molecule has 10 heteroatoms. The van der Waals surface area contributed by atoms with Gasteiger partial charge >= 0.3 is 0 Å². The molecule has 0 unspecified atom stereocenters. The molecular formula is C26H20ClN5O3S. The normalized spacial score (nSPS) is 15.1. The van der Waals surface area contributed by atoms with E-state index < -0.39 is 6.04 Å². The van der Waals surface area contributed by atoms with E-state index in [1.165, 1.54) is 11.3 Å². The van der Waals surface area contributed by atoms with Gasteiger partial charge < -0.3 is 10.2 Å². The zero-order valence-electron chi connectivity index (χ0n) is 18.8. The summed E-state index contributed by atoms with van der Waals surface area (Å²) in [5.74, 6) is -0.880. The minimum Gasteiger partial charge on any atom is -0.323 e. The average Bonchev–Trinajstić information content (AvgIpc) is 3.37. The zero-order valence-corrected chi connectivity index (χ0v) is 20.4. The van der Waals surface area contributed by atoms with Gasteiger partial charge in [-0.25, -0.2) is 4.98 Å². The Kier molecular flexibility index (Phi) is 6.75. The molecule has 0 spiro atoms. The second-order valence-electron chi connectivity index (χ2n) is 8.18. The van der Waals surface area contributed by atoms with E-state index in [0.717, 1.165) is 11.1 Å². The molecule has 4 aromatic rings. The number of carbonyl (C=O) groups is 3. The van der Waals surface area contributed by atoms with Crippen molar-refractivity contribution in [2.45, 2.75) is 19.0 Å². The quantitative estimate of drug-likeness (QED) is 0.387. The standard InChI is InChI=1S/C26H20ClN5O3S/c27-19-7-8-20-21(13-19)30-24(34)22(12-17-2-1-9-28-14-17)32(25(20)35)15-16-3-5-18(6-4-16)23(33)31-26-29-10-11-36-26/h1-11,13-14,22H,12,15H2,(H,30,34)(H,29,31,33)/t22-/m1/s1. The third-order valence-corrected chi connectivity index (χ3v) is 6.71. The molecule has 3 amide bonds. The third-order valence-electron chi connectivity index (χ3n) is 5.78. The minimum absolute atomic E-state index is 0.174. The number of halogens is 1. The van der Waals surface area contributed by atoms with Gasteiger partial charge in [0, 0.05) is 47.5 Å². The first-order valence-electron chi connectivity index (χ1n) is 11.1. The number of rotatable bonds is 6. The maximum atomic E-state index is 13.7. The number of nitrogens with one attached hydrogen (secondary N) is 2. The van der Waals surface area contributed by atoms with Crippen LogP contribution in [0.2, 0.25) is 5.02 Å². The van der Waals surface area contributed by atoms with Crippen molar-refractivity contribution in [3.8, 4) is 0 Å². The highest BCUT2D eigenvalue weighted by molar-refractivity contribution is 7.13. The van der Waals surface area contributed by atoms with Crippen molar-refractivity contribution in [1.82, 2.24) is 14.9 Å². The maximum absolute atomic E-state index is 13.7. The highest BCUT2D eigenvalue weighted by Crippen LogP contribution is 2.29. The van der Waals surface area contributed by atoms with Gasteiger partial charge in [0.2, 0.25) is 5.91 Å². The Balaban J connectivity index is 1.43. The van der Waals surface area contributed by atoms with Crippen LogP contribution in [-0.2, 0) is 17.8 Å². The SMILES string of the molecule is O=C(Nc1nccs1)c1ccc(CN2C(=O)c3ccc(Cl)cc3NC(=O)[C@H]2Cc2cccnc2)cc1. The summed E-state index contributed by atoms with van der Waals surface area (Å²) in [6, 6.07) is 14.6. The molecule has 2 aromatic carbocycles. The van der Waals surface area contributed by atoms with Crippen LogP contribution in [0, 0.1) is 0 Å². The second-order valence-corrected chi connectivity index (χ2v) is 9.51. The van der Waals surface area contributed by atoms with Gasteiger partial charge in [-0.1, -0.05) is 29.8 Å². The van der Waals surface area contributed by atoms with Crippen molar-refractivity contribution in [2.75, 3.05) is 10.6 Å². The van der Waals surface area contributed by atoms with Crippen molar-refractivity contribution in [3.05, 3.63) is 106 Å². The Morgan fingerprint density at radius 2 is 1.92 bits per heavy atom. The summed E-state index contributed by atoms with van der Waals surface area (Å²) in [6.45, 7) is 0.174. The number of hydrogen-bond donors (Lipinski definition) is 2. The van der Waals surface area contributed by atoms with Gasteiger partial charge in [-0.2, -0.15) is 0 Å². The first-order valence-corrected chi connectivity index (χ1v) is 12.3. The molecule has 5 rings (SSSR count). The molecule has 3 heterocycles. The molecule has 1 aliphatic heterocycles. The number of pyridine rings is 1. The van der Waals surface area contributed by atoms with Crippen LogP contribution in [0.4, 0.5) is 10.8 Å². The van der Waals surface area contributed by atoms with Crippen molar-refractivity contribution in [1.29, 1.82) is 0 Å². The van der Waals surface area contributed by atoms with Gasteiger partial charge in [0.25, 0.3) is 11.8 Å². The molecule has 36 heavy (non-hydrogen) atoms. The first kappa shape index (κ1) is 23.7. The van der Waals surface area contributed by atoms with E-state index in [1.807, 2.05) is 6.07 Å². The molecule has 8 nitrogen and oxygen atoms in total. The Morgan fingerprint density at radius 3 is 2.64 bits per heavy atom. The van der Waals surface area contributed by atoms with Crippen molar-refractivity contribution >= 4 is 51.5 Å². The summed E-state index contributed by atoms with van der Waals surface area (Å²) in [5, 5.41) is 8.32. The number of fused-ring (bicyclic) bond motifs is 1. The maximum Gasteiger partial charge on any atom is 0.257 e. The fraction of sp³-hybridized carbons (Fsp3) is 0.115. The van der Waals surface area contributed by atoms with E-state index in [2.05, 4.69) is 20.6 Å². The number of carbonyl (C=O) groups excluding carboxylic acids is 3. The molecule has 0 saturated heterocycles. The molecule has 0 radical (unpaired) electrons. The average molecular weight is 518 g/mol. The van der Waals surface area contributed by atoms with E-state index in [4.69, 9.17) is 11.6 Å². The first-order chi connectivity index (χ1) is 17.5. The van der Waals surface area contributed by atoms with E-state index >= 15 is 0 Å². The van der Waals surface area contributed by atoms with Crippen LogP contribution in [0.25, 0.3) is 0 Å². The fourth-order valence-corrected chi connectivity index (χ4v) is 4.70. The number of aromatic nitrogens is 2. The fourth-order valence-electron chi connectivity index (χ4n) is 4.00. The molecule has 2 aromatic heterocycles. The van der Waals surface area contributed by atoms with E-state index in [9.17, 15) is 14.4 Å². The number of benzene rings is 2. The van der Waals surface area contributed by atoms with Gasteiger partial charge in [-0.15, -0.1) is 11.3 Å². The lowest BCUT2D eigenvalue weighted by Crippen LogP contribution is -2.46. The van der Waals surface area contributed by atoms with Gasteiger partial charge in [-0.05, 0) is 47.5 Å². The summed E-state index contributed by atoms with van der Waals surface area (Å²) < 4.78 is 0. The molecule has 0 aliphatic carbocycles. The number of anilines is 2. The minimum atomic E-state index is -0.777. The van der Waals surface area contributed by atoms with Crippen LogP contribution < -0.4 is 10.6 Å². The number of thiazole rings is 1. The summed E-state index contributed by atoms with van der Waals surface area (Å²) in [7, 11) is 0. The van der Waals surface area contributed by atoms with Crippen LogP contribution >= 0.6 is 22.9 Å². The Labute approximate surface area is 216 Å². The summed E-state index contributed by atoms with van der Waals surface area (Å²) in [5.41, 5.74) is 2.80. The lowest BCUT2D eigenvalue weighted by Gasteiger charge is -2.29. The van der Waals surface area contributed by atoms with E-state index in [-0.39, 0.29) is 24.3 Å². The Bertz CT molecular complexity index is 1410. The van der Waals surface area contributed by atoms with Gasteiger partial charge in [-0.3, -0.25) is 24.7 Å². The monoisotopic (exact) mass is 517 g/mol. The predicted octanol–water partition coefficient (Wildman–Crippen LogP) is 4.65. The van der Waals surface area contributed by atoms with Crippen molar-refractivity contribution in [3.63, 3.8) is 0 Å². The van der Waals surface area contributed by atoms with Crippen LogP contribution in [0.3, 0.4) is 0 Å².